The van der Waals surface area contributed by atoms with E-state index in [9.17, 15) is 8.42 Å². The molecule has 1 aliphatic rings. The summed E-state index contributed by atoms with van der Waals surface area (Å²) in [5, 5.41) is 9.02. The van der Waals surface area contributed by atoms with Crippen LogP contribution in [0.2, 0.25) is 0 Å². The van der Waals surface area contributed by atoms with Gasteiger partial charge in [0.1, 0.15) is 0 Å². The second kappa shape index (κ2) is 6.07. The number of hydrogen-bond acceptors (Lipinski definition) is 3. The Labute approximate surface area is 114 Å². The summed E-state index contributed by atoms with van der Waals surface area (Å²) >= 11 is 0. The normalized spacial score (nSPS) is 21.7. The van der Waals surface area contributed by atoms with E-state index in [-0.39, 0.29) is 17.5 Å². The summed E-state index contributed by atoms with van der Waals surface area (Å²) in [4.78, 5) is 3.06. The van der Waals surface area contributed by atoms with Gasteiger partial charge in [-0.05, 0) is 25.3 Å². The molecule has 108 valence electrons. The molecule has 2 rings (SSSR count). The quantitative estimate of drug-likeness (QED) is 0.867. The molecule has 1 atom stereocenters. The largest absolute Gasteiger partial charge is 0.390 e. The Bertz CT molecular complexity index is 508. The topological polar surface area (TPSA) is 73.4 Å². The first-order valence-electron chi connectivity index (χ1n) is 6.89. The summed E-state index contributed by atoms with van der Waals surface area (Å²) in [6.07, 6.45) is 6.35. The van der Waals surface area contributed by atoms with E-state index in [1.807, 2.05) is 0 Å². The number of nitrogens with one attached hydrogen (secondary N) is 1. The second-order valence-corrected chi connectivity index (χ2v) is 6.96. The van der Waals surface area contributed by atoms with Crippen molar-refractivity contribution >= 4 is 10.0 Å². The standard InChI is InChI=1S/C13H22N2O3S/c1-2-5-12-6-3-4-7-15(12)19(17,18)13-8-11(10-16)14-9-13/h8-9,12,14,16H,2-7,10H2,1H3. The van der Waals surface area contributed by atoms with Crippen LogP contribution in [0.5, 0.6) is 0 Å². The minimum Gasteiger partial charge on any atom is -0.390 e. The lowest BCUT2D eigenvalue weighted by atomic mass is 10.0. The molecule has 0 bridgehead atoms. The Morgan fingerprint density at radius 1 is 1.47 bits per heavy atom. The van der Waals surface area contributed by atoms with E-state index >= 15 is 0 Å². The fourth-order valence-corrected chi connectivity index (χ4v) is 4.45. The molecule has 6 heteroatoms. The maximum Gasteiger partial charge on any atom is 0.244 e. The number of H-pyrrole nitrogens is 1. The number of rotatable bonds is 5. The summed E-state index contributed by atoms with van der Waals surface area (Å²) in [7, 11) is -3.43. The highest BCUT2D eigenvalue weighted by Gasteiger charge is 2.33. The van der Waals surface area contributed by atoms with Crippen molar-refractivity contribution in [2.45, 2.75) is 56.6 Å². The van der Waals surface area contributed by atoms with Crippen molar-refractivity contribution in [3.63, 3.8) is 0 Å². The van der Waals surface area contributed by atoms with Gasteiger partial charge < -0.3 is 10.1 Å². The van der Waals surface area contributed by atoms with Gasteiger partial charge in [0.15, 0.2) is 0 Å². The van der Waals surface area contributed by atoms with Gasteiger partial charge in [0, 0.05) is 24.5 Å². The number of hydrogen-bond donors (Lipinski definition) is 2. The molecule has 1 aromatic rings. The molecule has 2 N–H and O–H groups in total. The third kappa shape index (κ3) is 3.01. The third-order valence-electron chi connectivity index (χ3n) is 3.69. The predicted octanol–water partition coefficient (Wildman–Crippen LogP) is 1.85. The number of sulfonamides is 1. The first kappa shape index (κ1) is 14.6. The molecule has 1 saturated heterocycles. The van der Waals surface area contributed by atoms with Crippen LogP contribution < -0.4 is 0 Å². The molecule has 1 unspecified atom stereocenters. The molecule has 2 heterocycles. The summed E-state index contributed by atoms with van der Waals surface area (Å²) in [5.74, 6) is 0. The van der Waals surface area contributed by atoms with E-state index in [0.29, 0.717) is 12.2 Å². The Balaban J connectivity index is 2.25. The average Bonchev–Trinajstić information content (AvgIpc) is 2.89. The van der Waals surface area contributed by atoms with Crippen molar-refractivity contribution in [1.29, 1.82) is 0 Å². The molecule has 0 amide bonds. The van der Waals surface area contributed by atoms with Crippen LogP contribution >= 0.6 is 0 Å². The molecule has 1 fully saturated rings. The van der Waals surface area contributed by atoms with Crippen LogP contribution in [0, 0.1) is 0 Å². The third-order valence-corrected chi connectivity index (χ3v) is 5.62. The molecule has 1 aliphatic heterocycles. The van der Waals surface area contributed by atoms with Crippen LogP contribution in [0.1, 0.15) is 44.7 Å². The number of aliphatic hydroxyl groups is 1. The Hall–Kier alpha value is -0.850. The number of nitrogens with zero attached hydrogens (tertiary/aromatic N) is 1. The van der Waals surface area contributed by atoms with Crippen LogP contribution in [0.3, 0.4) is 0 Å². The highest BCUT2D eigenvalue weighted by molar-refractivity contribution is 7.89. The minimum atomic E-state index is -3.43. The van der Waals surface area contributed by atoms with Crippen LogP contribution in [-0.4, -0.2) is 35.4 Å². The molecular formula is C13H22N2O3S. The molecule has 0 radical (unpaired) electrons. The van der Waals surface area contributed by atoms with Crippen LogP contribution in [0.15, 0.2) is 17.2 Å². The van der Waals surface area contributed by atoms with Crippen LogP contribution in [0.4, 0.5) is 0 Å². The monoisotopic (exact) mass is 286 g/mol. The first-order chi connectivity index (χ1) is 9.09. The highest BCUT2D eigenvalue weighted by atomic mass is 32.2. The van der Waals surface area contributed by atoms with Gasteiger partial charge in [0.05, 0.1) is 11.5 Å². The maximum atomic E-state index is 12.6. The molecule has 19 heavy (non-hydrogen) atoms. The van der Waals surface area contributed by atoms with E-state index < -0.39 is 10.0 Å². The van der Waals surface area contributed by atoms with Crippen molar-refractivity contribution in [2.24, 2.45) is 0 Å². The second-order valence-electron chi connectivity index (χ2n) is 5.07. The van der Waals surface area contributed by atoms with Gasteiger partial charge in [0.25, 0.3) is 0 Å². The molecule has 0 aromatic carbocycles. The fourth-order valence-electron chi connectivity index (χ4n) is 2.71. The van der Waals surface area contributed by atoms with Crippen LogP contribution in [0.25, 0.3) is 0 Å². The molecule has 0 saturated carbocycles. The van der Waals surface area contributed by atoms with Gasteiger partial charge in [-0.3, -0.25) is 0 Å². The maximum absolute atomic E-state index is 12.6. The highest BCUT2D eigenvalue weighted by Crippen LogP contribution is 2.28. The van der Waals surface area contributed by atoms with E-state index in [4.69, 9.17) is 5.11 Å². The lowest BCUT2D eigenvalue weighted by Gasteiger charge is -2.34. The fraction of sp³-hybridized carbons (Fsp3) is 0.692. The number of aliphatic hydroxyl groups excluding tert-OH is 1. The molecule has 5 nitrogen and oxygen atoms in total. The van der Waals surface area contributed by atoms with Gasteiger partial charge in [-0.2, -0.15) is 4.31 Å². The van der Waals surface area contributed by atoms with Crippen molar-refractivity contribution in [2.75, 3.05) is 6.54 Å². The van der Waals surface area contributed by atoms with Gasteiger partial charge in [-0.15, -0.1) is 0 Å². The van der Waals surface area contributed by atoms with Crippen molar-refractivity contribution in [3.05, 3.63) is 18.0 Å². The molecule has 0 aliphatic carbocycles. The van der Waals surface area contributed by atoms with Gasteiger partial charge in [0.2, 0.25) is 10.0 Å². The number of aromatic nitrogens is 1. The molecular weight excluding hydrogens is 264 g/mol. The van der Waals surface area contributed by atoms with Crippen molar-refractivity contribution < 1.29 is 13.5 Å². The van der Waals surface area contributed by atoms with Gasteiger partial charge in [-0.25, -0.2) is 8.42 Å². The van der Waals surface area contributed by atoms with Crippen LogP contribution in [-0.2, 0) is 16.6 Å². The number of aromatic amines is 1. The lowest BCUT2D eigenvalue weighted by molar-refractivity contribution is 0.239. The summed E-state index contributed by atoms with van der Waals surface area (Å²) < 4.78 is 26.9. The van der Waals surface area contributed by atoms with E-state index in [1.54, 1.807) is 4.31 Å². The lowest BCUT2D eigenvalue weighted by Crippen LogP contribution is -2.43. The molecule has 1 aromatic heterocycles. The zero-order chi connectivity index (χ0) is 13.9. The van der Waals surface area contributed by atoms with Gasteiger partial charge in [-0.1, -0.05) is 19.8 Å². The molecule has 0 spiro atoms. The zero-order valence-corrected chi connectivity index (χ0v) is 12.1. The van der Waals surface area contributed by atoms with E-state index in [0.717, 1.165) is 32.1 Å². The Morgan fingerprint density at radius 2 is 2.26 bits per heavy atom. The zero-order valence-electron chi connectivity index (χ0n) is 11.3. The smallest absolute Gasteiger partial charge is 0.244 e. The SMILES string of the molecule is CCCC1CCCCN1S(=O)(=O)c1c[nH]c(CO)c1. The Kier molecular flexibility index (Phi) is 4.65. The predicted molar refractivity (Wildman–Crippen MR) is 73.2 cm³/mol. The summed E-state index contributed by atoms with van der Waals surface area (Å²) in [6, 6.07) is 1.64. The minimum absolute atomic E-state index is 0.122. The van der Waals surface area contributed by atoms with Gasteiger partial charge >= 0.3 is 0 Å². The Morgan fingerprint density at radius 3 is 2.89 bits per heavy atom. The average molecular weight is 286 g/mol. The number of piperidine rings is 1. The summed E-state index contributed by atoms with van der Waals surface area (Å²) in [5.41, 5.74) is 0.530. The van der Waals surface area contributed by atoms with Crippen molar-refractivity contribution in [1.82, 2.24) is 9.29 Å². The summed E-state index contributed by atoms with van der Waals surface area (Å²) in [6.45, 7) is 2.51. The van der Waals surface area contributed by atoms with E-state index in [2.05, 4.69) is 11.9 Å². The first-order valence-corrected chi connectivity index (χ1v) is 8.33. The van der Waals surface area contributed by atoms with E-state index in [1.165, 1.54) is 12.3 Å². The van der Waals surface area contributed by atoms with Crippen molar-refractivity contribution in [3.8, 4) is 0 Å².